The molecule has 3 unspecified atom stereocenters. The van der Waals surface area contributed by atoms with Crippen LogP contribution >= 0.6 is 0 Å². The van der Waals surface area contributed by atoms with Gasteiger partial charge in [-0.25, -0.2) is 9.37 Å². The van der Waals surface area contributed by atoms with Crippen molar-refractivity contribution in [3.63, 3.8) is 0 Å². The standard InChI is InChI=1S/C24H32FNO5/c1-2-4-18(24(27)28)11-12-29-21-5-3-6-22(14-21)30-15-20-16-31-23(26-20)13-17-7-9-19(25)10-8-17/h7-10,16,18,21-22H,2-6,11-15H2,1H3,(H,27,28). The fraction of sp³-hybridized carbons (Fsp3) is 0.583. The second kappa shape index (κ2) is 12.0. The highest BCUT2D eigenvalue weighted by atomic mass is 19.1. The normalized spacial score (nSPS) is 19.9. The van der Waals surface area contributed by atoms with Crippen molar-refractivity contribution in [3.8, 4) is 0 Å². The predicted molar refractivity (Wildman–Crippen MR) is 113 cm³/mol. The largest absolute Gasteiger partial charge is 0.481 e. The Kier molecular flexibility index (Phi) is 9.03. The minimum absolute atomic E-state index is 0.0990. The summed E-state index contributed by atoms with van der Waals surface area (Å²) in [6.45, 7) is 2.85. The monoisotopic (exact) mass is 433 g/mol. The second-order valence-corrected chi connectivity index (χ2v) is 8.24. The third-order valence-corrected chi connectivity index (χ3v) is 5.72. The van der Waals surface area contributed by atoms with Crippen molar-refractivity contribution in [3.05, 3.63) is 53.5 Å². The second-order valence-electron chi connectivity index (χ2n) is 8.24. The average molecular weight is 434 g/mol. The lowest BCUT2D eigenvalue weighted by Crippen LogP contribution is -2.29. The molecule has 3 atom stereocenters. The molecule has 1 N–H and O–H groups in total. The highest BCUT2D eigenvalue weighted by Crippen LogP contribution is 2.25. The smallest absolute Gasteiger partial charge is 0.306 e. The Labute approximate surface area is 182 Å². The molecule has 6 nitrogen and oxygen atoms in total. The predicted octanol–water partition coefficient (Wildman–Crippen LogP) is 5.14. The number of ether oxygens (including phenoxy) is 2. The van der Waals surface area contributed by atoms with Crippen LogP contribution in [0.3, 0.4) is 0 Å². The van der Waals surface area contributed by atoms with Crippen molar-refractivity contribution in [1.82, 2.24) is 4.98 Å². The van der Waals surface area contributed by atoms with E-state index < -0.39 is 5.97 Å². The fourth-order valence-electron chi connectivity index (χ4n) is 4.00. The number of rotatable bonds is 12. The molecule has 1 heterocycles. The van der Waals surface area contributed by atoms with Crippen molar-refractivity contribution in [2.75, 3.05) is 6.61 Å². The van der Waals surface area contributed by atoms with Crippen molar-refractivity contribution in [2.45, 2.75) is 77.1 Å². The molecule has 31 heavy (non-hydrogen) atoms. The Morgan fingerprint density at radius 2 is 1.97 bits per heavy atom. The van der Waals surface area contributed by atoms with Crippen molar-refractivity contribution in [1.29, 1.82) is 0 Å². The van der Waals surface area contributed by atoms with E-state index in [1.807, 2.05) is 6.92 Å². The number of carbonyl (C=O) groups is 1. The highest BCUT2D eigenvalue weighted by molar-refractivity contribution is 5.69. The van der Waals surface area contributed by atoms with Gasteiger partial charge < -0.3 is 19.0 Å². The van der Waals surface area contributed by atoms with Gasteiger partial charge in [-0.1, -0.05) is 25.5 Å². The van der Waals surface area contributed by atoms with Gasteiger partial charge in [0.2, 0.25) is 0 Å². The molecule has 170 valence electrons. The van der Waals surface area contributed by atoms with Crippen LogP contribution in [0.5, 0.6) is 0 Å². The Balaban J connectivity index is 1.39. The first-order valence-corrected chi connectivity index (χ1v) is 11.2. The Bertz CT molecular complexity index is 807. The fourth-order valence-corrected chi connectivity index (χ4v) is 4.00. The van der Waals surface area contributed by atoms with Crippen LogP contribution in [0.1, 0.15) is 69.0 Å². The minimum atomic E-state index is -0.735. The van der Waals surface area contributed by atoms with Crippen molar-refractivity contribution < 1.29 is 28.2 Å². The van der Waals surface area contributed by atoms with Gasteiger partial charge in [-0.05, 0) is 56.2 Å². The maximum absolute atomic E-state index is 13.0. The van der Waals surface area contributed by atoms with Crippen LogP contribution in [-0.4, -0.2) is 34.9 Å². The van der Waals surface area contributed by atoms with Crippen LogP contribution in [0, 0.1) is 11.7 Å². The number of hydrogen-bond donors (Lipinski definition) is 1. The van der Waals surface area contributed by atoms with Crippen LogP contribution in [-0.2, 0) is 27.3 Å². The molecule has 1 aromatic heterocycles. The van der Waals surface area contributed by atoms with E-state index in [2.05, 4.69) is 4.98 Å². The number of hydrogen-bond acceptors (Lipinski definition) is 5. The molecule has 0 radical (unpaired) electrons. The molecule has 0 spiro atoms. The van der Waals surface area contributed by atoms with E-state index in [9.17, 15) is 14.3 Å². The summed E-state index contributed by atoms with van der Waals surface area (Å²) < 4.78 is 30.5. The number of carboxylic acids is 1. The molecule has 1 aromatic carbocycles. The van der Waals surface area contributed by atoms with E-state index in [1.54, 1.807) is 18.4 Å². The van der Waals surface area contributed by atoms with Crippen LogP contribution < -0.4 is 0 Å². The lowest BCUT2D eigenvalue weighted by atomic mass is 9.94. The number of carboxylic acid groups (broad SMARTS) is 1. The average Bonchev–Trinajstić information content (AvgIpc) is 3.21. The van der Waals surface area contributed by atoms with Crippen LogP contribution in [0.15, 0.2) is 34.9 Å². The van der Waals surface area contributed by atoms with Gasteiger partial charge in [-0.3, -0.25) is 4.79 Å². The highest BCUT2D eigenvalue weighted by Gasteiger charge is 2.24. The lowest BCUT2D eigenvalue weighted by Gasteiger charge is -2.29. The maximum Gasteiger partial charge on any atom is 0.306 e. The van der Waals surface area contributed by atoms with Crippen LogP contribution in [0.2, 0.25) is 0 Å². The van der Waals surface area contributed by atoms with Gasteiger partial charge in [0, 0.05) is 13.0 Å². The van der Waals surface area contributed by atoms with E-state index in [0.717, 1.165) is 43.4 Å². The molecule has 0 aliphatic heterocycles. The molecular weight excluding hydrogens is 401 g/mol. The topological polar surface area (TPSA) is 81.8 Å². The summed E-state index contributed by atoms with van der Waals surface area (Å²) in [7, 11) is 0. The van der Waals surface area contributed by atoms with Gasteiger partial charge in [0.15, 0.2) is 5.89 Å². The summed E-state index contributed by atoms with van der Waals surface area (Å²) in [6, 6.07) is 6.29. The first-order valence-electron chi connectivity index (χ1n) is 11.2. The van der Waals surface area contributed by atoms with Gasteiger partial charge in [0.25, 0.3) is 0 Å². The van der Waals surface area contributed by atoms with E-state index in [1.165, 1.54) is 12.1 Å². The van der Waals surface area contributed by atoms with Gasteiger partial charge in [-0.15, -0.1) is 0 Å². The third kappa shape index (κ3) is 7.74. The van der Waals surface area contributed by atoms with Gasteiger partial charge in [0.1, 0.15) is 17.8 Å². The summed E-state index contributed by atoms with van der Waals surface area (Å²) in [5.74, 6) is -0.739. The van der Waals surface area contributed by atoms with Crippen molar-refractivity contribution >= 4 is 5.97 Å². The number of halogens is 1. The summed E-state index contributed by atoms with van der Waals surface area (Å²) >= 11 is 0. The van der Waals surface area contributed by atoms with Crippen LogP contribution in [0.25, 0.3) is 0 Å². The number of aromatic nitrogens is 1. The molecular formula is C24H32FNO5. The molecule has 1 aliphatic rings. The van der Waals surface area contributed by atoms with Crippen LogP contribution in [0.4, 0.5) is 4.39 Å². The number of nitrogens with zero attached hydrogens (tertiary/aromatic N) is 1. The van der Waals surface area contributed by atoms with Gasteiger partial charge >= 0.3 is 5.97 Å². The summed E-state index contributed by atoms with van der Waals surface area (Å²) in [6.07, 6.45) is 8.24. The lowest BCUT2D eigenvalue weighted by molar-refractivity contribution is -0.143. The quantitative estimate of drug-likeness (QED) is 0.499. The third-order valence-electron chi connectivity index (χ3n) is 5.72. The molecule has 1 fully saturated rings. The summed E-state index contributed by atoms with van der Waals surface area (Å²) in [4.78, 5) is 15.7. The Morgan fingerprint density at radius 1 is 1.23 bits per heavy atom. The Morgan fingerprint density at radius 3 is 2.68 bits per heavy atom. The first kappa shape index (κ1) is 23.4. The molecule has 7 heteroatoms. The molecule has 0 bridgehead atoms. The zero-order valence-electron chi connectivity index (χ0n) is 18.1. The molecule has 3 rings (SSSR count). The van der Waals surface area contributed by atoms with E-state index >= 15 is 0 Å². The SMILES string of the molecule is CCCC(CCOC1CCCC(OCc2coc(Cc3ccc(F)cc3)n2)C1)C(=O)O. The zero-order chi connectivity index (χ0) is 22.1. The number of oxazole rings is 1. The molecule has 1 saturated carbocycles. The molecule has 2 aromatic rings. The number of benzene rings is 1. The van der Waals surface area contributed by atoms with E-state index in [4.69, 9.17) is 13.9 Å². The molecule has 1 aliphatic carbocycles. The summed E-state index contributed by atoms with van der Waals surface area (Å²) in [5, 5.41) is 9.25. The molecule has 0 amide bonds. The van der Waals surface area contributed by atoms with Gasteiger partial charge in [-0.2, -0.15) is 0 Å². The summed E-state index contributed by atoms with van der Waals surface area (Å²) in [5.41, 5.74) is 1.68. The first-order chi connectivity index (χ1) is 15.0. The van der Waals surface area contributed by atoms with Crippen molar-refractivity contribution in [2.24, 2.45) is 5.92 Å². The minimum Gasteiger partial charge on any atom is -0.481 e. The maximum atomic E-state index is 13.0. The zero-order valence-corrected chi connectivity index (χ0v) is 18.1. The molecule has 0 saturated heterocycles. The van der Waals surface area contributed by atoms with E-state index in [0.29, 0.717) is 38.4 Å². The Hall–Kier alpha value is -2.25. The van der Waals surface area contributed by atoms with E-state index in [-0.39, 0.29) is 23.9 Å². The number of aliphatic carboxylic acids is 1. The van der Waals surface area contributed by atoms with Gasteiger partial charge in [0.05, 0.1) is 24.7 Å².